The highest BCUT2D eigenvalue weighted by Crippen LogP contribution is 2.17. The van der Waals surface area contributed by atoms with E-state index in [1.54, 1.807) is 25.3 Å². The lowest BCUT2D eigenvalue weighted by Gasteiger charge is -2.08. The predicted molar refractivity (Wildman–Crippen MR) is 83.3 cm³/mol. The first-order chi connectivity index (χ1) is 10.6. The molecule has 2 rings (SSSR count). The summed E-state index contributed by atoms with van der Waals surface area (Å²) >= 11 is 0. The van der Waals surface area contributed by atoms with E-state index in [4.69, 9.17) is 9.84 Å². The molecule has 0 heterocycles. The van der Waals surface area contributed by atoms with Crippen molar-refractivity contribution in [3.63, 3.8) is 0 Å². The summed E-state index contributed by atoms with van der Waals surface area (Å²) in [7, 11) is 1.59. The van der Waals surface area contributed by atoms with E-state index in [1.165, 1.54) is 6.07 Å². The number of para-hydroxylation sites is 1. The second kappa shape index (κ2) is 7.26. The lowest BCUT2D eigenvalue weighted by Crippen LogP contribution is -2.15. The van der Waals surface area contributed by atoms with Crippen molar-refractivity contribution in [1.82, 2.24) is 0 Å². The summed E-state index contributed by atoms with van der Waals surface area (Å²) in [6, 6.07) is 13.8. The minimum atomic E-state index is -1.07. The number of aryl methyl sites for hydroxylation is 1. The first-order valence-corrected chi connectivity index (χ1v) is 6.85. The van der Waals surface area contributed by atoms with Crippen LogP contribution in [0, 0.1) is 0 Å². The summed E-state index contributed by atoms with van der Waals surface area (Å²) in [5.74, 6) is -0.547. The molecule has 0 unspecified atom stereocenters. The third kappa shape index (κ3) is 4.09. The van der Waals surface area contributed by atoms with Gasteiger partial charge >= 0.3 is 5.97 Å². The number of rotatable bonds is 6. The first-order valence-electron chi connectivity index (χ1n) is 6.85. The van der Waals surface area contributed by atoms with Crippen LogP contribution >= 0.6 is 0 Å². The van der Waals surface area contributed by atoms with Gasteiger partial charge in [0.1, 0.15) is 5.75 Å². The molecular formula is C17H17NO4. The highest BCUT2D eigenvalue weighted by Gasteiger charge is 2.11. The summed E-state index contributed by atoms with van der Waals surface area (Å²) in [5, 5.41) is 11.7. The van der Waals surface area contributed by atoms with Crippen LogP contribution in [0.2, 0.25) is 0 Å². The molecule has 5 nitrogen and oxygen atoms in total. The van der Waals surface area contributed by atoms with Crippen molar-refractivity contribution in [3.05, 3.63) is 59.7 Å². The maximum atomic E-state index is 12.0. The monoisotopic (exact) mass is 299 g/mol. The fourth-order valence-electron chi connectivity index (χ4n) is 2.08. The molecule has 5 heteroatoms. The summed E-state index contributed by atoms with van der Waals surface area (Å²) in [6.07, 6.45) is 0.819. The van der Waals surface area contributed by atoms with E-state index in [0.29, 0.717) is 12.1 Å². The average molecular weight is 299 g/mol. The largest absolute Gasteiger partial charge is 0.497 e. The zero-order valence-corrected chi connectivity index (χ0v) is 12.2. The minimum Gasteiger partial charge on any atom is -0.497 e. The Balaban J connectivity index is 1.97. The van der Waals surface area contributed by atoms with E-state index < -0.39 is 5.97 Å². The summed E-state index contributed by atoms with van der Waals surface area (Å²) in [5.41, 5.74) is 1.38. The van der Waals surface area contributed by atoms with Crippen LogP contribution in [0.25, 0.3) is 0 Å². The standard InChI is InChI=1S/C17H17NO4/c1-22-13-6-4-5-12(11-13)9-10-16(19)18-15-8-3-2-7-14(15)17(20)21/h2-8,11H,9-10H2,1H3,(H,18,19)(H,20,21). The molecule has 0 fully saturated rings. The molecule has 0 aliphatic rings. The molecule has 2 N–H and O–H groups in total. The maximum Gasteiger partial charge on any atom is 0.337 e. The summed E-state index contributed by atoms with van der Waals surface area (Å²) in [4.78, 5) is 23.1. The van der Waals surface area contributed by atoms with E-state index in [2.05, 4.69) is 5.32 Å². The molecule has 114 valence electrons. The molecule has 0 spiro atoms. The molecule has 2 aromatic carbocycles. The summed E-state index contributed by atoms with van der Waals surface area (Å²) < 4.78 is 5.13. The molecule has 0 saturated heterocycles. The zero-order valence-electron chi connectivity index (χ0n) is 12.2. The maximum absolute atomic E-state index is 12.0. The third-order valence-electron chi connectivity index (χ3n) is 3.21. The quantitative estimate of drug-likeness (QED) is 0.860. The lowest BCUT2D eigenvalue weighted by molar-refractivity contribution is -0.116. The number of ether oxygens (including phenoxy) is 1. The third-order valence-corrected chi connectivity index (χ3v) is 3.21. The van der Waals surface area contributed by atoms with Crippen LogP contribution < -0.4 is 10.1 Å². The van der Waals surface area contributed by atoms with Gasteiger partial charge in [-0.15, -0.1) is 0 Å². The van der Waals surface area contributed by atoms with E-state index in [-0.39, 0.29) is 17.9 Å². The number of benzene rings is 2. The number of anilines is 1. The Kier molecular flexibility index (Phi) is 5.14. The van der Waals surface area contributed by atoms with Crippen molar-refractivity contribution in [1.29, 1.82) is 0 Å². The van der Waals surface area contributed by atoms with Crippen molar-refractivity contribution in [2.45, 2.75) is 12.8 Å². The Hall–Kier alpha value is -2.82. The van der Waals surface area contributed by atoms with E-state index in [1.807, 2.05) is 24.3 Å². The Labute approximate surface area is 128 Å². The van der Waals surface area contributed by atoms with Gasteiger partial charge in [0.15, 0.2) is 0 Å². The second-order valence-electron chi connectivity index (χ2n) is 4.75. The first kappa shape index (κ1) is 15.6. The number of carboxylic acids is 1. The topological polar surface area (TPSA) is 75.6 Å². The van der Waals surface area contributed by atoms with Gasteiger partial charge in [-0.05, 0) is 36.2 Å². The number of aromatic carboxylic acids is 1. The lowest BCUT2D eigenvalue weighted by atomic mass is 10.1. The predicted octanol–water partition coefficient (Wildman–Crippen LogP) is 2.96. The van der Waals surface area contributed by atoms with Gasteiger partial charge in [-0.2, -0.15) is 0 Å². The number of methoxy groups -OCH3 is 1. The average Bonchev–Trinajstić information content (AvgIpc) is 2.53. The molecule has 0 saturated carbocycles. The molecule has 0 bridgehead atoms. The van der Waals surface area contributed by atoms with Gasteiger partial charge in [0.2, 0.25) is 5.91 Å². The van der Waals surface area contributed by atoms with Crippen molar-refractivity contribution in [2.75, 3.05) is 12.4 Å². The van der Waals surface area contributed by atoms with Crippen LogP contribution in [0.3, 0.4) is 0 Å². The normalized spacial score (nSPS) is 10.0. The molecule has 0 aliphatic heterocycles. The van der Waals surface area contributed by atoms with Crippen LogP contribution in [-0.4, -0.2) is 24.1 Å². The van der Waals surface area contributed by atoms with Gasteiger partial charge in [-0.25, -0.2) is 4.79 Å². The number of hydrogen-bond donors (Lipinski definition) is 2. The van der Waals surface area contributed by atoms with E-state index in [9.17, 15) is 9.59 Å². The van der Waals surface area contributed by atoms with E-state index in [0.717, 1.165) is 11.3 Å². The zero-order chi connectivity index (χ0) is 15.9. The smallest absolute Gasteiger partial charge is 0.337 e. The molecule has 0 aliphatic carbocycles. The van der Waals surface area contributed by atoms with Crippen LogP contribution in [0.4, 0.5) is 5.69 Å². The number of nitrogens with one attached hydrogen (secondary N) is 1. The van der Waals surface area contributed by atoms with Crippen molar-refractivity contribution in [2.24, 2.45) is 0 Å². The molecule has 2 aromatic rings. The van der Waals surface area contributed by atoms with Crippen LogP contribution in [0.15, 0.2) is 48.5 Å². The summed E-state index contributed by atoms with van der Waals surface area (Å²) in [6.45, 7) is 0. The Morgan fingerprint density at radius 2 is 1.91 bits per heavy atom. The minimum absolute atomic E-state index is 0.0808. The van der Waals surface area contributed by atoms with Crippen molar-refractivity contribution in [3.8, 4) is 5.75 Å². The van der Waals surface area contributed by atoms with Gasteiger partial charge in [-0.3, -0.25) is 4.79 Å². The number of carbonyl (C=O) groups is 2. The molecule has 0 aromatic heterocycles. The molecule has 0 atom stereocenters. The Morgan fingerprint density at radius 3 is 2.64 bits per heavy atom. The Morgan fingerprint density at radius 1 is 1.14 bits per heavy atom. The van der Waals surface area contributed by atoms with Gasteiger partial charge in [0.05, 0.1) is 18.4 Å². The number of carbonyl (C=O) groups excluding carboxylic acids is 1. The van der Waals surface area contributed by atoms with Gasteiger partial charge < -0.3 is 15.2 Å². The molecule has 22 heavy (non-hydrogen) atoms. The molecule has 1 amide bonds. The fourth-order valence-corrected chi connectivity index (χ4v) is 2.08. The highest BCUT2D eigenvalue weighted by atomic mass is 16.5. The Bertz CT molecular complexity index is 682. The van der Waals surface area contributed by atoms with E-state index >= 15 is 0 Å². The fraction of sp³-hybridized carbons (Fsp3) is 0.176. The second-order valence-corrected chi connectivity index (χ2v) is 4.75. The number of hydrogen-bond acceptors (Lipinski definition) is 3. The van der Waals surface area contributed by atoms with Crippen molar-refractivity contribution >= 4 is 17.6 Å². The molecular weight excluding hydrogens is 282 g/mol. The van der Waals surface area contributed by atoms with Crippen LogP contribution in [0.5, 0.6) is 5.75 Å². The van der Waals surface area contributed by atoms with Crippen LogP contribution in [0.1, 0.15) is 22.3 Å². The number of carboxylic acid groups (broad SMARTS) is 1. The van der Waals surface area contributed by atoms with Gasteiger partial charge in [0, 0.05) is 6.42 Å². The van der Waals surface area contributed by atoms with Crippen molar-refractivity contribution < 1.29 is 19.4 Å². The van der Waals surface area contributed by atoms with Gasteiger partial charge in [0.25, 0.3) is 0 Å². The highest BCUT2D eigenvalue weighted by molar-refractivity contribution is 6.00. The SMILES string of the molecule is COc1cccc(CCC(=O)Nc2ccccc2C(=O)O)c1. The van der Waals surface area contributed by atoms with Crippen LogP contribution in [-0.2, 0) is 11.2 Å². The number of amides is 1. The van der Waals surface area contributed by atoms with Gasteiger partial charge in [-0.1, -0.05) is 24.3 Å². The molecule has 0 radical (unpaired) electrons.